The van der Waals surface area contributed by atoms with Gasteiger partial charge < -0.3 is 10.2 Å². The quantitative estimate of drug-likeness (QED) is 0.644. The predicted octanol–water partition coefficient (Wildman–Crippen LogP) is 5.12. The van der Waals surface area contributed by atoms with Crippen LogP contribution in [0.15, 0.2) is 35.7 Å². The largest absolute Gasteiger partial charge is 0.338 e. The second-order valence-electron chi connectivity index (χ2n) is 7.79. The molecule has 0 radical (unpaired) electrons. The van der Waals surface area contributed by atoms with Crippen molar-refractivity contribution in [3.05, 3.63) is 51.2 Å². The zero-order valence-corrected chi connectivity index (χ0v) is 18.2. The van der Waals surface area contributed by atoms with Crippen LogP contribution in [0.25, 0.3) is 0 Å². The molecule has 0 aliphatic carbocycles. The Hall–Kier alpha value is -2.18. The van der Waals surface area contributed by atoms with Gasteiger partial charge in [0.05, 0.1) is 16.1 Å². The first-order valence-corrected chi connectivity index (χ1v) is 11.0. The Balaban J connectivity index is 1.68. The second kappa shape index (κ2) is 9.55. The molecule has 2 aromatic rings. The lowest BCUT2D eigenvalue weighted by Crippen LogP contribution is -2.42. The normalized spacial score (nSPS) is 19.1. The van der Waals surface area contributed by atoms with Crippen molar-refractivity contribution < 1.29 is 14.4 Å². The van der Waals surface area contributed by atoms with E-state index in [0.29, 0.717) is 46.1 Å². The van der Waals surface area contributed by atoms with E-state index in [0.717, 1.165) is 6.42 Å². The van der Waals surface area contributed by atoms with E-state index >= 15 is 0 Å². The molecule has 1 fully saturated rings. The molecule has 3 rings (SSSR count). The van der Waals surface area contributed by atoms with Gasteiger partial charge >= 0.3 is 0 Å². The van der Waals surface area contributed by atoms with E-state index in [2.05, 4.69) is 19.2 Å². The number of likely N-dealkylation sites (tertiary alicyclic amines) is 1. The van der Waals surface area contributed by atoms with Crippen molar-refractivity contribution in [2.24, 2.45) is 11.8 Å². The van der Waals surface area contributed by atoms with Crippen molar-refractivity contribution >= 4 is 46.2 Å². The molecule has 1 aliphatic rings. The number of benzene rings is 1. The molecule has 29 heavy (non-hydrogen) atoms. The fourth-order valence-corrected chi connectivity index (χ4v) is 4.67. The average molecular weight is 433 g/mol. The number of amides is 2. The summed E-state index contributed by atoms with van der Waals surface area (Å²) in [6, 6.07) is 8.45. The summed E-state index contributed by atoms with van der Waals surface area (Å²) in [5, 5.41) is 5.06. The maximum atomic E-state index is 13.1. The van der Waals surface area contributed by atoms with Gasteiger partial charge in [-0.2, -0.15) is 0 Å². The van der Waals surface area contributed by atoms with Gasteiger partial charge in [0.1, 0.15) is 0 Å². The summed E-state index contributed by atoms with van der Waals surface area (Å²) in [6.07, 6.45) is 1.29. The van der Waals surface area contributed by atoms with E-state index in [1.807, 2.05) is 16.3 Å². The number of hydrogen-bond acceptors (Lipinski definition) is 4. The molecule has 154 valence electrons. The zero-order chi connectivity index (χ0) is 21.0. The van der Waals surface area contributed by atoms with Gasteiger partial charge in [-0.1, -0.05) is 31.5 Å². The van der Waals surface area contributed by atoms with Gasteiger partial charge in [-0.05, 0) is 47.9 Å². The van der Waals surface area contributed by atoms with Crippen LogP contribution < -0.4 is 5.32 Å². The third-order valence-corrected chi connectivity index (χ3v) is 6.16. The number of halogens is 1. The molecule has 0 bridgehead atoms. The molecule has 1 aromatic carbocycles. The number of piperidine rings is 1. The molecular weight excluding hydrogens is 408 g/mol. The van der Waals surface area contributed by atoms with Crippen LogP contribution in [0, 0.1) is 11.8 Å². The Morgan fingerprint density at radius 2 is 1.86 bits per heavy atom. The minimum atomic E-state index is -0.299. The van der Waals surface area contributed by atoms with Crippen LogP contribution in [0.3, 0.4) is 0 Å². The SMILES string of the molecule is C[C@@H]1C[C@H](C)CN(C(=O)c2cc(Cl)ccc2NC(=O)CCC(=O)c2cccs2)C1. The number of rotatable bonds is 6. The van der Waals surface area contributed by atoms with Crippen LogP contribution in [-0.4, -0.2) is 35.6 Å². The summed E-state index contributed by atoms with van der Waals surface area (Å²) in [5.41, 5.74) is 0.815. The van der Waals surface area contributed by atoms with Gasteiger partial charge in [0, 0.05) is 31.0 Å². The van der Waals surface area contributed by atoms with Crippen LogP contribution >= 0.6 is 22.9 Å². The number of hydrogen-bond donors (Lipinski definition) is 1. The van der Waals surface area contributed by atoms with Crippen molar-refractivity contribution in [3.8, 4) is 0 Å². The molecule has 7 heteroatoms. The van der Waals surface area contributed by atoms with Crippen LogP contribution in [0.5, 0.6) is 0 Å². The van der Waals surface area contributed by atoms with Crippen LogP contribution in [0.2, 0.25) is 5.02 Å². The molecule has 1 aliphatic heterocycles. The van der Waals surface area contributed by atoms with Crippen LogP contribution in [0.4, 0.5) is 5.69 Å². The van der Waals surface area contributed by atoms with E-state index in [-0.39, 0.29) is 30.4 Å². The highest BCUT2D eigenvalue weighted by Crippen LogP contribution is 2.27. The number of nitrogens with zero attached hydrogens (tertiary/aromatic N) is 1. The first-order chi connectivity index (χ1) is 13.8. The number of Topliss-reactive ketones (excluding diaryl/α,β-unsaturated/α-hetero) is 1. The predicted molar refractivity (Wildman–Crippen MR) is 117 cm³/mol. The fraction of sp³-hybridized carbons (Fsp3) is 0.409. The minimum absolute atomic E-state index is 0.0566. The first-order valence-electron chi connectivity index (χ1n) is 9.79. The summed E-state index contributed by atoms with van der Waals surface area (Å²) in [7, 11) is 0. The van der Waals surface area contributed by atoms with E-state index < -0.39 is 0 Å². The summed E-state index contributed by atoms with van der Waals surface area (Å²) in [5.74, 6) is 0.382. The Bertz CT molecular complexity index is 887. The van der Waals surface area contributed by atoms with Gasteiger partial charge in [0.15, 0.2) is 5.78 Å². The topological polar surface area (TPSA) is 66.5 Å². The number of carbonyl (C=O) groups is 3. The van der Waals surface area contributed by atoms with Crippen molar-refractivity contribution in [2.75, 3.05) is 18.4 Å². The monoisotopic (exact) mass is 432 g/mol. The molecule has 2 amide bonds. The fourth-order valence-electron chi connectivity index (χ4n) is 3.80. The van der Waals surface area contributed by atoms with Crippen molar-refractivity contribution in [1.82, 2.24) is 4.90 Å². The molecule has 5 nitrogen and oxygen atoms in total. The summed E-state index contributed by atoms with van der Waals surface area (Å²) >= 11 is 7.49. The molecule has 1 saturated heterocycles. The highest BCUT2D eigenvalue weighted by Gasteiger charge is 2.28. The molecular formula is C22H25ClN2O3S. The maximum absolute atomic E-state index is 13.1. The Morgan fingerprint density at radius 3 is 2.52 bits per heavy atom. The molecule has 0 unspecified atom stereocenters. The molecule has 1 N–H and O–H groups in total. The van der Waals surface area contributed by atoms with E-state index in [1.165, 1.54) is 11.3 Å². The number of ketones is 1. The highest BCUT2D eigenvalue weighted by molar-refractivity contribution is 7.12. The van der Waals surface area contributed by atoms with Crippen LogP contribution in [0.1, 0.15) is 53.1 Å². The van der Waals surface area contributed by atoms with E-state index in [1.54, 1.807) is 24.3 Å². The van der Waals surface area contributed by atoms with Gasteiger partial charge in [0.2, 0.25) is 5.91 Å². The number of thiophene rings is 1. The van der Waals surface area contributed by atoms with Crippen molar-refractivity contribution in [1.29, 1.82) is 0 Å². The summed E-state index contributed by atoms with van der Waals surface area (Å²) < 4.78 is 0. The Labute approximate surface area is 180 Å². The average Bonchev–Trinajstić information content (AvgIpc) is 3.21. The number of anilines is 1. The number of nitrogens with one attached hydrogen (secondary N) is 1. The maximum Gasteiger partial charge on any atom is 0.256 e. The summed E-state index contributed by atoms with van der Waals surface area (Å²) in [4.78, 5) is 40.1. The lowest BCUT2D eigenvalue weighted by atomic mass is 9.91. The van der Waals surface area contributed by atoms with E-state index in [9.17, 15) is 14.4 Å². The number of carbonyl (C=O) groups excluding carboxylic acids is 3. The Kier molecular flexibility index (Phi) is 7.09. The molecule has 2 heterocycles. The van der Waals surface area contributed by atoms with Crippen molar-refractivity contribution in [3.63, 3.8) is 0 Å². The van der Waals surface area contributed by atoms with Crippen LogP contribution in [-0.2, 0) is 4.79 Å². The third-order valence-electron chi connectivity index (χ3n) is 5.02. The first kappa shape index (κ1) is 21.5. The minimum Gasteiger partial charge on any atom is -0.338 e. The second-order valence-corrected chi connectivity index (χ2v) is 9.18. The lowest BCUT2D eigenvalue weighted by Gasteiger charge is -2.35. The molecule has 0 saturated carbocycles. The van der Waals surface area contributed by atoms with Gasteiger partial charge in [0.25, 0.3) is 5.91 Å². The van der Waals surface area contributed by atoms with Gasteiger partial charge in [-0.25, -0.2) is 0 Å². The molecule has 0 spiro atoms. The van der Waals surface area contributed by atoms with Gasteiger partial charge in [-0.15, -0.1) is 11.3 Å². The van der Waals surface area contributed by atoms with Crippen molar-refractivity contribution in [2.45, 2.75) is 33.1 Å². The van der Waals surface area contributed by atoms with E-state index in [4.69, 9.17) is 11.6 Å². The lowest BCUT2D eigenvalue weighted by molar-refractivity contribution is -0.116. The van der Waals surface area contributed by atoms with Gasteiger partial charge in [-0.3, -0.25) is 14.4 Å². The molecule has 2 atom stereocenters. The Morgan fingerprint density at radius 1 is 1.14 bits per heavy atom. The third kappa shape index (κ3) is 5.67. The highest BCUT2D eigenvalue weighted by atomic mass is 35.5. The smallest absolute Gasteiger partial charge is 0.256 e. The molecule has 1 aromatic heterocycles. The standard InChI is InChI=1S/C22H25ClN2O3S/c1-14-10-15(2)13-25(12-14)22(28)17-11-16(23)5-6-18(17)24-21(27)8-7-19(26)20-4-3-9-29-20/h3-6,9,11,14-15H,7-8,10,12-13H2,1-2H3,(H,24,27)/t14-,15+. The zero-order valence-electron chi connectivity index (χ0n) is 16.6. The summed E-state index contributed by atoms with van der Waals surface area (Å²) in [6.45, 7) is 5.67.